The first-order valence-corrected chi connectivity index (χ1v) is 8.93. The zero-order valence-corrected chi connectivity index (χ0v) is 14.8. The number of carbonyl (C=O) groups is 2. The van der Waals surface area contributed by atoms with Gasteiger partial charge in [0.05, 0.1) is 0 Å². The van der Waals surface area contributed by atoms with Crippen molar-refractivity contribution in [3.8, 4) is 0 Å². The molecule has 0 saturated heterocycles. The van der Waals surface area contributed by atoms with E-state index in [4.69, 9.17) is 5.11 Å². The fourth-order valence-electron chi connectivity index (χ4n) is 1.18. The number of anilines is 1. The van der Waals surface area contributed by atoms with Crippen LogP contribution < -0.4 is 9.78 Å². The van der Waals surface area contributed by atoms with Crippen LogP contribution in [0.1, 0.15) is 6.92 Å². The molecule has 0 aromatic heterocycles. The molecule has 1 rings (SSSR count). The number of hydrogen-bond acceptors (Lipinski definition) is 2. The molecule has 0 aliphatic heterocycles. The Hall–Kier alpha value is -0.621. The van der Waals surface area contributed by atoms with E-state index in [1.54, 1.807) is 12.1 Å². The van der Waals surface area contributed by atoms with Crippen LogP contribution >= 0.6 is 31.9 Å². The van der Waals surface area contributed by atoms with Gasteiger partial charge in [-0.05, 0) is 0 Å². The Morgan fingerprint density at radius 3 is 2.26 bits per heavy atom. The van der Waals surface area contributed by atoms with Crippen LogP contribution in [0.3, 0.4) is 0 Å². The number of nitrogens with one attached hydrogen (secondary N) is 1. The number of hydrogen-bond donors (Lipinski definition) is 2. The first-order valence-electron chi connectivity index (χ1n) is 5.28. The minimum atomic E-state index is -1.21. The molecule has 0 saturated carbocycles. The maximum absolute atomic E-state index is 11.8. The molecule has 7 heteroatoms. The van der Waals surface area contributed by atoms with E-state index in [-0.39, 0.29) is 8.96 Å². The van der Waals surface area contributed by atoms with Crippen LogP contribution in [-0.2, 0) is 9.59 Å². The molecule has 0 bridgehead atoms. The molecule has 1 amide bonds. The Morgan fingerprint density at radius 2 is 1.79 bits per heavy atom. The number of halogens is 2. The molecule has 102 valence electrons. The summed E-state index contributed by atoms with van der Waals surface area (Å²) in [6, 6.07) is 7.53. The second kappa shape index (κ2) is 7.84. The molecule has 0 aliphatic rings. The van der Waals surface area contributed by atoms with Gasteiger partial charge in [-0.25, -0.2) is 0 Å². The van der Waals surface area contributed by atoms with Crippen molar-refractivity contribution in [1.29, 1.82) is 0 Å². The molecule has 0 heterocycles. The third-order valence-electron chi connectivity index (χ3n) is 2.00. The molecule has 4 nitrogen and oxygen atoms in total. The Labute approximate surface area is 134 Å². The fourth-order valence-corrected chi connectivity index (χ4v) is 3.02. The zero-order chi connectivity index (χ0) is 14.4. The average molecular weight is 456 g/mol. The summed E-state index contributed by atoms with van der Waals surface area (Å²) in [5, 5.41) is 12.5. The minimum absolute atomic E-state index is 0.0538. The summed E-state index contributed by atoms with van der Waals surface area (Å²) in [5.74, 6) is -1.72. The molecule has 1 aromatic rings. The first kappa shape index (κ1) is 16.4. The molecular weight excluding hydrogens is 445 g/mol. The third-order valence-corrected chi connectivity index (χ3v) is 5.90. The van der Waals surface area contributed by atoms with Crippen LogP contribution in [0.15, 0.2) is 33.2 Å². The van der Waals surface area contributed by atoms with E-state index in [1.165, 1.54) is 4.46 Å². The van der Waals surface area contributed by atoms with Crippen molar-refractivity contribution in [3.63, 3.8) is 0 Å². The quantitative estimate of drug-likeness (QED) is 0.529. The second-order valence-electron chi connectivity index (χ2n) is 3.34. The number of benzene rings is 1. The van der Waals surface area contributed by atoms with Crippen LogP contribution in [-0.4, -0.2) is 31.9 Å². The van der Waals surface area contributed by atoms with E-state index in [9.17, 15) is 9.59 Å². The summed E-state index contributed by atoms with van der Waals surface area (Å²) >= 11 is 6.23. The fraction of sp³-hybridized carbons (Fsp3) is 0.167. The molecule has 0 radical (unpaired) electrons. The third kappa shape index (κ3) is 5.10. The van der Waals surface area contributed by atoms with Crippen molar-refractivity contribution in [2.75, 3.05) is 5.32 Å². The van der Waals surface area contributed by atoms with Crippen molar-refractivity contribution in [3.05, 3.63) is 33.2 Å². The first-order chi connectivity index (χ1) is 8.95. The number of amides is 1. The zero-order valence-electron chi connectivity index (χ0n) is 9.94. The van der Waals surface area contributed by atoms with Crippen molar-refractivity contribution in [2.24, 2.45) is 0 Å². The van der Waals surface area contributed by atoms with E-state index >= 15 is 0 Å². The Kier molecular flexibility index (Phi) is 6.79. The summed E-state index contributed by atoms with van der Waals surface area (Å²) < 4.78 is 0.993. The standard InChI is InChI=1S/C12H11Br2NO3Se/c1-2-19-8-5-3-7(4-6-8)15-11(16)9(13)10(14)12(17)18/h3-6H,2H2,1H3,(H,15,16)(H,17,18)/b10-9-. The maximum atomic E-state index is 11.8. The monoisotopic (exact) mass is 455 g/mol. The van der Waals surface area contributed by atoms with Crippen LogP contribution in [0, 0.1) is 0 Å². The number of aliphatic carboxylic acids is 1. The SMILES string of the molecule is CC[Se]c1ccc(NC(=O)/C(Br)=C(/Br)C(=O)O)cc1. The normalized spacial score (nSPS) is 11.7. The van der Waals surface area contributed by atoms with Gasteiger partial charge in [-0.2, -0.15) is 0 Å². The topological polar surface area (TPSA) is 66.4 Å². The number of carboxylic acids is 1. The molecule has 0 unspecified atom stereocenters. The molecule has 2 N–H and O–H groups in total. The van der Waals surface area contributed by atoms with Gasteiger partial charge in [0.2, 0.25) is 0 Å². The number of carbonyl (C=O) groups excluding carboxylic acids is 1. The Bertz CT molecular complexity index is 514. The van der Waals surface area contributed by atoms with Crippen LogP contribution in [0.2, 0.25) is 5.32 Å². The second-order valence-corrected chi connectivity index (χ2v) is 7.74. The molecule has 19 heavy (non-hydrogen) atoms. The van der Waals surface area contributed by atoms with Gasteiger partial charge in [-0.15, -0.1) is 0 Å². The van der Waals surface area contributed by atoms with Crippen LogP contribution in [0.5, 0.6) is 0 Å². The van der Waals surface area contributed by atoms with Crippen molar-refractivity contribution in [1.82, 2.24) is 0 Å². The molecule has 0 atom stereocenters. The predicted octanol–water partition coefficient (Wildman–Crippen LogP) is 2.48. The number of carboxylic acid groups (broad SMARTS) is 1. The average Bonchev–Trinajstić information content (AvgIpc) is 2.39. The predicted molar refractivity (Wildman–Crippen MR) is 83.5 cm³/mol. The van der Waals surface area contributed by atoms with E-state index < -0.39 is 11.9 Å². The van der Waals surface area contributed by atoms with Crippen molar-refractivity contribution in [2.45, 2.75) is 12.2 Å². The Morgan fingerprint density at radius 1 is 1.21 bits per heavy atom. The van der Waals surface area contributed by atoms with Gasteiger partial charge in [-0.1, -0.05) is 0 Å². The Balaban J connectivity index is 2.77. The molecule has 0 fully saturated rings. The summed E-state index contributed by atoms with van der Waals surface area (Å²) in [5.41, 5.74) is 0.628. The van der Waals surface area contributed by atoms with Crippen LogP contribution in [0.25, 0.3) is 0 Å². The van der Waals surface area contributed by atoms with Crippen molar-refractivity contribution >= 4 is 68.8 Å². The molecular formula is C12H11Br2NO3Se. The van der Waals surface area contributed by atoms with Gasteiger partial charge < -0.3 is 0 Å². The van der Waals surface area contributed by atoms with Crippen LogP contribution in [0.4, 0.5) is 5.69 Å². The summed E-state index contributed by atoms with van der Waals surface area (Å²) in [7, 11) is 0. The summed E-state index contributed by atoms with van der Waals surface area (Å²) in [4.78, 5) is 22.5. The van der Waals surface area contributed by atoms with Gasteiger partial charge in [-0.3, -0.25) is 0 Å². The molecule has 0 spiro atoms. The van der Waals surface area contributed by atoms with Gasteiger partial charge in [0.1, 0.15) is 0 Å². The van der Waals surface area contributed by atoms with E-state index in [1.807, 2.05) is 12.1 Å². The molecule has 0 aliphatic carbocycles. The number of rotatable bonds is 5. The van der Waals surface area contributed by atoms with Gasteiger partial charge in [0.15, 0.2) is 0 Å². The molecule has 1 aromatic carbocycles. The van der Waals surface area contributed by atoms with E-state index in [0.717, 1.165) is 5.32 Å². The van der Waals surface area contributed by atoms with E-state index in [0.29, 0.717) is 20.6 Å². The summed E-state index contributed by atoms with van der Waals surface area (Å²) in [6.45, 7) is 2.13. The van der Waals surface area contributed by atoms with Gasteiger partial charge in [0, 0.05) is 0 Å². The van der Waals surface area contributed by atoms with E-state index in [2.05, 4.69) is 44.1 Å². The van der Waals surface area contributed by atoms with Crippen molar-refractivity contribution < 1.29 is 14.7 Å². The summed E-state index contributed by atoms with van der Waals surface area (Å²) in [6.07, 6.45) is 0. The van der Waals surface area contributed by atoms with Gasteiger partial charge in [0.25, 0.3) is 0 Å². The van der Waals surface area contributed by atoms with Gasteiger partial charge >= 0.3 is 134 Å².